The standard InChI is InChI=1S/C14H15Br2NO2/c1-8-4-9(16)5-10-11(8)17(13(19)12(10)18)7-14(2,3)6-15/h4-5H,6-7H2,1-3H3. The number of aryl methyl sites for hydroxylation is 1. The molecule has 0 aromatic heterocycles. The highest BCUT2D eigenvalue weighted by Crippen LogP contribution is 2.37. The van der Waals surface area contributed by atoms with Gasteiger partial charge in [0.25, 0.3) is 11.7 Å². The molecule has 1 aliphatic heterocycles. The number of rotatable bonds is 3. The lowest BCUT2D eigenvalue weighted by Gasteiger charge is -2.29. The van der Waals surface area contributed by atoms with E-state index in [1.165, 1.54) is 0 Å². The molecule has 0 unspecified atom stereocenters. The number of fused-ring (bicyclic) bond motifs is 1. The van der Waals surface area contributed by atoms with Crippen LogP contribution >= 0.6 is 31.9 Å². The summed E-state index contributed by atoms with van der Waals surface area (Å²) < 4.78 is 0.825. The molecular weight excluding hydrogens is 374 g/mol. The Balaban J connectivity index is 2.50. The molecule has 0 bridgehead atoms. The monoisotopic (exact) mass is 387 g/mol. The van der Waals surface area contributed by atoms with E-state index in [1.54, 1.807) is 11.0 Å². The van der Waals surface area contributed by atoms with Gasteiger partial charge in [-0.3, -0.25) is 9.59 Å². The number of Topliss-reactive ketones (excluding diaryl/α,β-unsaturated/α-hetero) is 1. The second-order valence-corrected chi connectivity index (χ2v) is 7.11. The van der Waals surface area contributed by atoms with Crippen molar-refractivity contribution < 1.29 is 9.59 Å². The largest absolute Gasteiger partial charge is 0.304 e. The third-order valence-corrected chi connectivity index (χ3v) is 5.14. The summed E-state index contributed by atoms with van der Waals surface area (Å²) in [5.41, 5.74) is 2.11. The molecule has 0 saturated carbocycles. The van der Waals surface area contributed by atoms with Gasteiger partial charge in [0.2, 0.25) is 0 Å². The maximum Gasteiger partial charge on any atom is 0.299 e. The normalized spacial score (nSPS) is 15.1. The SMILES string of the molecule is Cc1cc(Br)cc2c1N(CC(C)(C)CBr)C(=O)C2=O. The summed E-state index contributed by atoms with van der Waals surface area (Å²) in [6, 6.07) is 3.66. The Morgan fingerprint density at radius 3 is 2.47 bits per heavy atom. The van der Waals surface area contributed by atoms with Gasteiger partial charge in [0.15, 0.2) is 0 Å². The third-order valence-electron chi connectivity index (χ3n) is 3.17. The number of halogens is 2. The molecule has 102 valence electrons. The minimum atomic E-state index is -0.426. The fourth-order valence-electron chi connectivity index (χ4n) is 2.23. The Hall–Kier alpha value is -0.680. The predicted octanol–water partition coefficient (Wildman–Crippen LogP) is 3.71. The van der Waals surface area contributed by atoms with Gasteiger partial charge in [-0.05, 0) is 30.0 Å². The van der Waals surface area contributed by atoms with Crippen molar-refractivity contribution in [2.24, 2.45) is 5.41 Å². The molecule has 3 nitrogen and oxygen atoms in total. The van der Waals surface area contributed by atoms with E-state index in [9.17, 15) is 9.59 Å². The number of amides is 1. The van der Waals surface area contributed by atoms with E-state index in [2.05, 4.69) is 45.7 Å². The molecule has 5 heteroatoms. The van der Waals surface area contributed by atoms with Crippen LogP contribution in [-0.2, 0) is 4.79 Å². The smallest absolute Gasteiger partial charge is 0.299 e. The molecule has 2 rings (SSSR count). The minimum Gasteiger partial charge on any atom is -0.304 e. The molecule has 1 heterocycles. The van der Waals surface area contributed by atoms with E-state index in [0.717, 1.165) is 21.1 Å². The van der Waals surface area contributed by atoms with Gasteiger partial charge >= 0.3 is 0 Å². The van der Waals surface area contributed by atoms with Crippen LogP contribution in [0.4, 0.5) is 5.69 Å². The minimum absolute atomic E-state index is 0.0862. The van der Waals surface area contributed by atoms with Crippen molar-refractivity contribution in [3.05, 3.63) is 27.7 Å². The Morgan fingerprint density at radius 2 is 1.89 bits per heavy atom. The number of benzene rings is 1. The first-order valence-corrected chi connectivity index (χ1v) is 7.90. The number of carbonyl (C=O) groups is 2. The first-order valence-electron chi connectivity index (χ1n) is 5.99. The van der Waals surface area contributed by atoms with Crippen molar-refractivity contribution >= 4 is 49.2 Å². The lowest BCUT2D eigenvalue weighted by atomic mass is 9.95. The van der Waals surface area contributed by atoms with Crippen molar-refractivity contribution in [1.29, 1.82) is 0 Å². The van der Waals surface area contributed by atoms with Crippen molar-refractivity contribution in [2.75, 3.05) is 16.8 Å². The predicted molar refractivity (Wildman–Crippen MR) is 83.1 cm³/mol. The molecule has 1 aromatic carbocycles. The van der Waals surface area contributed by atoms with Crippen LogP contribution in [-0.4, -0.2) is 23.6 Å². The number of nitrogens with zero attached hydrogens (tertiary/aromatic N) is 1. The number of hydrogen-bond donors (Lipinski definition) is 0. The summed E-state index contributed by atoms with van der Waals surface area (Å²) in [5, 5.41) is 0.767. The number of hydrogen-bond acceptors (Lipinski definition) is 2. The quantitative estimate of drug-likeness (QED) is 0.584. The molecule has 0 atom stereocenters. The van der Waals surface area contributed by atoms with Gasteiger partial charge in [-0.2, -0.15) is 0 Å². The maximum absolute atomic E-state index is 12.2. The molecule has 0 radical (unpaired) electrons. The first-order chi connectivity index (χ1) is 8.76. The number of carbonyl (C=O) groups excluding carboxylic acids is 2. The zero-order valence-electron chi connectivity index (χ0n) is 11.1. The number of anilines is 1. The van der Waals surface area contributed by atoms with Crippen molar-refractivity contribution in [2.45, 2.75) is 20.8 Å². The van der Waals surface area contributed by atoms with Gasteiger partial charge in [-0.1, -0.05) is 45.7 Å². The Bertz CT molecular complexity index is 567. The Kier molecular flexibility index (Phi) is 3.89. The van der Waals surface area contributed by atoms with E-state index < -0.39 is 11.7 Å². The van der Waals surface area contributed by atoms with Gasteiger partial charge in [-0.15, -0.1) is 0 Å². The summed E-state index contributed by atoms with van der Waals surface area (Å²) in [7, 11) is 0. The number of alkyl halides is 1. The van der Waals surface area contributed by atoms with Crippen LogP contribution in [0.15, 0.2) is 16.6 Å². The average Bonchev–Trinajstić information content (AvgIpc) is 2.54. The Labute approximate surface area is 129 Å². The van der Waals surface area contributed by atoms with E-state index in [0.29, 0.717) is 12.1 Å². The summed E-state index contributed by atoms with van der Waals surface area (Å²) in [6.07, 6.45) is 0. The first kappa shape index (κ1) is 14.7. The summed E-state index contributed by atoms with van der Waals surface area (Å²) in [6.45, 7) is 6.57. The molecule has 0 N–H and O–H groups in total. The van der Waals surface area contributed by atoms with Crippen LogP contribution < -0.4 is 4.90 Å². The highest BCUT2D eigenvalue weighted by molar-refractivity contribution is 9.10. The number of ketones is 1. The fraction of sp³-hybridized carbons (Fsp3) is 0.429. The molecular formula is C14H15Br2NO2. The zero-order valence-corrected chi connectivity index (χ0v) is 14.3. The summed E-state index contributed by atoms with van der Waals surface area (Å²) in [5.74, 6) is -0.838. The van der Waals surface area contributed by atoms with E-state index in [-0.39, 0.29) is 5.41 Å². The molecule has 19 heavy (non-hydrogen) atoms. The second-order valence-electron chi connectivity index (χ2n) is 5.64. The molecule has 0 aliphatic carbocycles. The third kappa shape index (κ3) is 2.63. The van der Waals surface area contributed by atoms with Crippen LogP contribution in [0.3, 0.4) is 0 Å². The van der Waals surface area contributed by atoms with Gasteiger partial charge in [0, 0.05) is 16.3 Å². The van der Waals surface area contributed by atoms with E-state index in [1.807, 2.05) is 13.0 Å². The van der Waals surface area contributed by atoms with E-state index >= 15 is 0 Å². The maximum atomic E-state index is 12.2. The molecule has 0 spiro atoms. The lowest BCUT2D eigenvalue weighted by molar-refractivity contribution is -0.114. The van der Waals surface area contributed by atoms with Crippen molar-refractivity contribution in [3.8, 4) is 0 Å². The molecule has 1 aromatic rings. The van der Waals surface area contributed by atoms with Crippen LogP contribution in [0.2, 0.25) is 0 Å². The van der Waals surface area contributed by atoms with Crippen molar-refractivity contribution in [3.63, 3.8) is 0 Å². The topological polar surface area (TPSA) is 37.4 Å². The molecule has 1 amide bonds. The van der Waals surface area contributed by atoms with E-state index in [4.69, 9.17) is 0 Å². The van der Waals surface area contributed by atoms with Gasteiger partial charge < -0.3 is 4.90 Å². The summed E-state index contributed by atoms with van der Waals surface area (Å²) >= 11 is 6.82. The van der Waals surface area contributed by atoms with Crippen LogP contribution in [0.25, 0.3) is 0 Å². The van der Waals surface area contributed by atoms with Crippen LogP contribution in [0.1, 0.15) is 29.8 Å². The molecule has 1 aliphatic rings. The average molecular weight is 389 g/mol. The second kappa shape index (κ2) is 5.02. The molecule has 0 saturated heterocycles. The van der Waals surface area contributed by atoms with Gasteiger partial charge in [0.1, 0.15) is 0 Å². The van der Waals surface area contributed by atoms with Gasteiger partial charge in [-0.25, -0.2) is 0 Å². The highest BCUT2D eigenvalue weighted by atomic mass is 79.9. The molecule has 0 fully saturated rings. The highest BCUT2D eigenvalue weighted by Gasteiger charge is 2.39. The summed E-state index contributed by atoms with van der Waals surface area (Å²) in [4.78, 5) is 25.8. The van der Waals surface area contributed by atoms with Crippen molar-refractivity contribution in [1.82, 2.24) is 0 Å². The fourth-order valence-corrected chi connectivity index (χ4v) is 2.98. The van der Waals surface area contributed by atoms with Crippen LogP contribution in [0.5, 0.6) is 0 Å². The van der Waals surface area contributed by atoms with Gasteiger partial charge in [0.05, 0.1) is 11.3 Å². The lowest BCUT2D eigenvalue weighted by Crippen LogP contribution is -2.39. The zero-order chi connectivity index (χ0) is 14.4. The Morgan fingerprint density at radius 1 is 1.26 bits per heavy atom. The van der Waals surface area contributed by atoms with Crippen LogP contribution in [0, 0.1) is 12.3 Å².